The van der Waals surface area contributed by atoms with E-state index in [1.165, 1.54) is 0 Å². The lowest BCUT2D eigenvalue weighted by atomic mass is 10.0. The Labute approximate surface area is 112 Å². The van der Waals surface area contributed by atoms with Crippen molar-refractivity contribution in [2.24, 2.45) is 0 Å². The van der Waals surface area contributed by atoms with Crippen molar-refractivity contribution in [3.8, 4) is 0 Å². The zero-order chi connectivity index (χ0) is 13.5. The highest BCUT2D eigenvalue weighted by Crippen LogP contribution is 2.29. The van der Waals surface area contributed by atoms with Crippen LogP contribution in [-0.4, -0.2) is 41.5 Å². The smallest absolute Gasteiger partial charge is 0.214 e. The van der Waals surface area contributed by atoms with Gasteiger partial charge in [0.1, 0.15) is 5.82 Å². The summed E-state index contributed by atoms with van der Waals surface area (Å²) in [6, 6.07) is 7.85. The van der Waals surface area contributed by atoms with Crippen LogP contribution < -0.4 is 0 Å². The summed E-state index contributed by atoms with van der Waals surface area (Å²) in [6.07, 6.45) is 0.661. The van der Waals surface area contributed by atoms with E-state index in [-0.39, 0.29) is 11.7 Å². The number of hydrogen-bond acceptors (Lipinski definition) is 3. The average Bonchev–Trinajstić information content (AvgIpc) is 2.69. The third-order valence-electron chi connectivity index (χ3n) is 3.50. The molecule has 1 aromatic carbocycles. The minimum absolute atomic E-state index is 0.194. The summed E-state index contributed by atoms with van der Waals surface area (Å²) in [5.74, 6) is 1.32. The summed E-state index contributed by atoms with van der Waals surface area (Å²) < 4.78 is 25.3. The van der Waals surface area contributed by atoms with Crippen molar-refractivity contribution in [3.63, 3.8) is 0 Å². The molecule has 1 fully saturated rings. The number of sulfonamides is 1. The second-order valence-electron chi connectivity index (χ2n) is 4.97. The SMILES string of the molecule is CCCS(=O)(=O)N1CC(c2nc3ccccc3[nH]2)C1. The molecule has 102 valence electrons. The van der Waals surface area contributed by atoms with Crippen molar-refractivity contribution < 1.29 is 8.42 Å². The quantitative estimate of drug-likeness (QED) is 0.926. The summed E-state index contributed by atoms with van der Waals surface area (Å²) in [7, 11) is -3.05. The van der Waals surface area contributed by atoms with Gasteiger partial charge in [-0.25, -0.2) is 17.7 Å². The molecule has 0 atom stereocenters. The number of para-hydroxylation sites is 2. The Morgan fingerprint density at radius 2 is 2.11 bits per heavy atom. The first-order valence-corrected chi connectivity index (χ1v) is 8.13. The van der Waals surface area contributed by atoms with Gasteiger partial charge in [0.25, 0.3) is 0 Å². The number of aromatic nitrogens is 2. The van der Waals surface area contributed by atoms with Crippen molar-refractivity contribution in [1.82, 2.24) is 14.3 Å². The molecule has 0 aliphatic carbocycles. The van der Waals surface area contributed by atoms with E-state index in [0.29, 0.717) is 19.5 Å². The summed E-state index contributed by atoms with van der Waals surface area (Å²) in [5.41, 5.74) is 1.94. The molecule has 0 spiro atoms. The molecule has 1 aromatic heterocycles. The molecule has 1 aliphatic heterocycles. The largest absolute Gasteiger partial charge is 0.342 e. The number of imidazole rings is 1. The molecular weight excluding hydrogens is 262 g/mol. The van der Waals surface area contributed by atoms with E-state index in [4.69, 9.17) is 0 Å². The fourth-order valence-corrected chi connectivity index (χ4v) is 3.98. The van der Waals surface area contributed by atoms with Crippen molar-refractivity contribution in [2.45, 2.75) is 19.3 Å². The van der Waals surface area contributed by atoms with Crippen molar-refractivity contribution >= 4 is 21.1 Å². The van der Waals surface area contributed by atoms with E-state index in [9.17, 15) is 8.42 Å². The minimum Gasteiger partial charge on any atom is -0.342 e. The van der Waals surface area contributed by atoms with E-state index >= 15 is 0 Å². The predicted octanol–water partition coefficient (Wildman–Crippen LogP) is 1.70. The highest BCUT2D eigenvalue weighted by molar-refractivity contribution is 7.89. The van der Waals surface area contributed by atoms with Crippen LogP contribution in [0.4, 0.5) is 0 Å². The second kappa shape index (κ2) is 4.61. The maximum atomic E-state index is 11.9. The first-order chi connectivity index (χ1) is 9.10. The Bertz CT molecular complexity index is 654. The summed E-state index contributed by atoms with van der Waals surface area (Å²) in [4.78, 5) is 7.79. The summed E-state index contributed by atoms with van der Waals surface area (Å²) in [5, 5.41) is 0. The topological polar surface area (TPSA) is 66.1 Å². The standard InChI is InChI=1S/C13H17N3O2S/c1-2-7-19(17,18)16-8-10(9-16)13-14-11-5-3-4-6-12(11)15-13/h3-6,10H,2,7-9H2,1H3,(H,14,15). The van der Waals surface area contributed by atoms with E-state index in [0.717, 1.165) is 16.9 Å². The van der Waals surface area contributed by atoms with E-state index in [2.05, 4.69) is 9.97 Å². The molecule has 19 heavy (non-hydrogen) atoms. The summed E-state index contributed by atoms with van der Waals surface area (Å²) in [6.45, 7) is 2.97. The van der Waals surface area contributed by atoms with Gasteiger partial charge in [0.15, 0.2) is 0 Å². The lowest BCUT2D eigenvalue weighted by Crippen LogP contribution is -2.49. The number of nitrogens with zero attached hydrogens (tertiary/aromatic N) is 2. The first kappa shape index (κ1) is 12.6. The van der Waals surface area contributed by atoms with Crippen molar-refractivity contribution in [1.29, 1.82) is 0 Å². The van der Waals surface area contributed by atoms with Crippen LogP contribution >= 0.6 is 0 Å². The number of aromatic amines is 1. The van der Waals surface area contributed by atoms with Gasteiger partial charge in [-0.05, 0) is 18.6 Å². The van der Waals surface area contributed by atoms with Gasteiger partial charge < -0.3 is 4.98 Å². The molecule has 3 rings (SSSR count). The monoisotopic (exact) mass is 279 g/mol. The molecule has 0 unspecified atom stereocenters. The highest BCUT2D eigenvalue weighted by atomic mass is 32.2. The zero-order valence-corrected chi connectivity index (χ0v) is 11.7. The third-order valence-corrected chi connectivity index (χ3v) is 5.51. The van der Waals surface area contributed by atoms with Crippen molar-refractivity contribution in [3.05, 3.63) is 30.1 Å². The van der Waals surface area contributed by atoms with Crippen LogP contribution in [0.1, 0.15) is 25.1 Å². The van der Waals surface area contributed by atoms with Crippen LogP contribution in [0, 0.1) is 0 Å². The lowest BCUT2D eigenvalue weighted by molar-refractivity contribution is 0.257. The average molecular weight is 279 g/mol. The molecule has 2 aromatic rings. The highest BCUT2D eigenvalue weighted by Gasteiger charge is 2.37. The third kappa shape index (κ3) is 2.26. The van der Waals surface area contributed by atoms with Crippen LogP contribution in [0.15, 0.2) is 24.3 Å². The fourth-order valence-electron chi connectivity index (χ4n) is 2.39. The van der Waals surface area contributed by atoms with Gasteiger partial charge in [0, 0.05) is 19.0 Å². The minimum atomic E-state index is -3.05. The van der Waals surface area contributed by atoms with E-state index < -0.39 is 10.0 Å². The molecule has 0 saturated carbocycles. The Balaban J connectivity index is 1.74. The van der Waals surface area contributed by atoms with Crippen molar-refractivity contribution in [2.75, 3.05) is 18.8 Å². The normalized spacial score (nSPS) is 17.7. The van der Waals surface area contributed by atoms with Crippen LogP contribution in [0.2, 0.25) is 0 Å². The molecule has 1 N–H and O–H groups in total. The Morgan fingerprint density at radius 1 is 1.37 bits per heavy atom. The first-order valence-electron chi connectivity index (χ1n) is 6.52. The molecule has 6 heteroatoms. The van der Waals surface area contributed by atoms with Crippen LogP contribution in [-0.2, 0) is 10.0 Å². The van der Waals surface area contributed by atoms with Gasteiger partial charge in [-0.2, -0.15) is 0 Å². The predicted molar refractivity (Wildman–Crippen MR) is 74.5 cm³/mol. The molecular formula is C13H17N3O2S. The maximum absolute atomic E-state index is 11.9. The zero-order valence-electron chi connectivity index (χ0n) is 10.8. The van der Waals surface area contributed by atoms with Crippen LogP contribution in [0.25, 0.3) is 11.0 Å². The van der Waals surface area contributed by atoms with Gasteiger partial charge in [0.2, 0.25) is 10.0 Å². The molecule has 1 saturated heterocycles. The van der Waals surface area contributed by atoms with Gasteiger partial charge in [-0.1, -0.05) is 19.1 Å². The Kier molecular flexibility index (Phi) is 3.06. The van der Waals surface area contributed by atoms with E-state index in [1.54, 1.807) is 4.31 Å². The van der Waals surface area contributed by atoms with Gasteiger partial charge in [-0.3, -0.25) is 0 Å². The van der Waals surface area contributed by atoms with Crippen LogP contribution in [0.5, 0.6) is 0 Å². The van der Waals surface area contributed by atoms with Crippen LogP contribution in [0.3, 0.4) is 0 Å². The van der Waals surface area contributed by atoms with Gasteiger partial charge in [0.05, 0.1) is 16.8 Å². The molecule has 1 aliphatic rings. The number of nitrogens with one attached hydrogen (secondary N) is 1. The molecule has 0 radical (unpaired) electrons. The number of fused-ring (bicyclic) bond motifs is 1. The van der Waals surface area contributed by atoms with Gasteiger partial charge in [-0.15, -0.1) is 0 Å². The Morgan fingerprint density at radius 3 is 2.79 bits per heavy atom. The van der Waals surface area contributed by atoms with E-state index in [1.807, 2.05) is 31.2 Å². The molecule has 0 bridgehead atoms. The number of H-pyrrole nitrogens is 1. The molecule has 0 amide bonds. The number of hydrogen-bond donors (Lipinski definition) is 1. The number of benzene rings is 1. The van der Waals surface area contributed by atoms with Gasteiger partial charge >= 0.3 is 0 Å². The molecule has 5 nitrogen and oxygen atoms in total. The second-order valence-corrected chi connectivity index (χ2v) is 7.06. The number of rotatable bonds is 4. The maximum Gasteiger partial charge on any atom is 0.214 e. The Hall–Kier alpha value is -1.40. The lowest BCUT2D eigenvalue weighted by Gasteiger charge is -2.36. The molecule has 2 heterocycles. The fraction of sp³-hybridized carbons (Fsp3) is 0.462. The summed E-state index contributed by atoms with van der Waals surface area (Å²) >= 11 is 0.